The summed E-state index contributed by atoms with van der Waals surface area (Å²) in [5.41, 5.74) is 4.18. The minimum absolute atomic E-state index is 0.0613. The number of amides is 3. The van der Waals surface area contributed by atoms with Gasteiger partial charge in [0.2, 0.25) is 11.8 Å². The van der Waals surface area contributed by atoms with Gasteiger partial charge in [-0.05, 0) is 38.0 Å². The lowest BCUT2D eigenvalue weighted by molar-refractivity contribution is -0.132. The lowest BCUT2D eigenvalue weighted by Crippen LogP contribution is -2.58. The summed E-state index contributed by atoms with van der Waals surface area (Å²) in [7, 11) is 1.51. The highest BCUT2D eigenvalue weighted by molar-refractivity contribution is 6.08. The van der Waals surface area contributed by atoms with Crippen molar-refractivity contribution in [3.8, 4) is 0 Å². The number of fused-ring (bicyclic) bond motifs is 1. The molecule has 3 rings (SSSR count). The second kappa shape index (κ2) is 7.34. The number of rotatable bonds is 3. The summed E-state index contributed by atoms with van der Waals surface area (Å²) in [6.07, 6.45) is -0.0613. The van der Waals surface area contributed by atoms with Crippen molar-refractivity contribution < 1.29 is 14.4 Å². The molecule has 0 spiro atoms. The number of hydrogen-bond acceptors (Lipinski definition) is 4. The molecule has 1 saturated heterocycles. The zero-order valence-corrected chi connectivity index (χ0v) is 16.0. The molecule has 2 N–H and O–H groups in total. The van der Waals surface area contributed by atoms with Crippen LogP contribution in [0.15, 0.2) is 18.2 Å². The average Bonchev–Trinajstić information content (AvgIpc) is 2.65. The molecule has 0 bridgehead atoms. The SMILES string of the molecule is CNC(=O)CC1C(=O)NCCN1C(=O)c1cc(C)nc2c(C)c(C)ccc12. The van der Waals surface area contributed by atoms with Gasteiger partial charge in [0.1, 0.15) is 6.04 Å². The van der Waals surface area contributed by atoms with Gasteiger partial charge in [0.05, 0.1) is 17.5 Å². The van der Waals surface area contributed by atoms with Gasteiger partial charge < -0.3 is 15.5 Å². The van der Waals surface area contributed by atoms with Gasteiger partial charge in [0, 0.05) is 31.2 Å². The fourth-order valence-corrected chi connectivity index (χ4v) is 3.43. The quantitative estimate of drug-likeness (QED) is 0.853. The van der Waals surface area contributed by atoms with E-state index < -0.39 is 6.04 Å². The van der Waals surface area contributed by atoms with Crippen molar-refractivity contribution in [2.45, 2.75) is 33.2 Å². The van der Waals surface area contributed by atoms with E-state index in [0.29, 0.717) is 18.7 Å². The Hall–Kier alpha value is -2.96. The zero-order chi connectivity index (χ0) is 19.7. The molecule has 0 radical (unpaired) electrons. The summed E-state index contributed by atoms with van der Waals surface area (Å²) < 4.78 is 0. The summed E-state index contributed by atoms with van der Waals surface area (Å²) in [5, 5.41) is 6.02. The normalized spacial score (nSPS) is 17.0. The van der Waals surface area contributed by atoms with Crippen molar-refractivity contribution in [1.29, 1.82) is 0 Å². The number of benzene rings is 1. The first-order valence-electron chi connectivity index (χ1n) is 9.00. The van der Waals surface area contributed by atoms with Crippen molar-refractivity contribution in [1.82, 2.24) is 20.5 Å². The maximum absolute atomic E-state index is 13.4. The number of carbonyl (C=O) groups is 3. The van der Waals surface area contributed by atoms with E-state index in [-0.39, 0.29) is 24.1 Å². The smallest absolute Gasteiger partial charge is 0.255 e. The van der Waals surface area contributed by atoms with Crippen LogP contribution in [-0.4, -0.2) is 53.8 Å². The number of piperazine rings is 1. The van der Waals surface area contributed by atoms with E-state index in [1.54, 1.807) is 6.07 Å². The molecule has 0 saturated carbocycles. The molecule has 142 valence electrons. The van der Waals surface area contributed by atoms with Gasteiger partial charge >= 0.3 is 0 Å². The average molecular weight is 368 g/mol. The molecule has 2 heterocycles. The Morgan fingerprint density at radius 3 is 2.74 bits per heavy atom. The van der Waals surface area contributed by atoms with Gasteiger partial charge in [-0.3, -0.25) is 19.4 Å². The first kappa shape index (κ1) is 18.8. The Balaban J connectivity index is 2.07. The van der Waals surface area contributed by atoms with E-state index in [0.717, 1.165) is 27.7 Å². The second-order valence-electron chi connectivity index (χ2n) is 6.90. The molecule has 1 aromatic carbocycles. The molecule has 1 aliphatic rings. The predicted octanol–water partition coefficient (Wildman–Crippen LogP) is 1.24. The molecule has 1 fully saturated rings. The molecule has 1 atom stereocenters. The number of pyridine rings is 1. The van der Waals surface area contributed by atoms with Gasteiger partial charge in [-0.1, -0.05) is 12.1 Å². The molecule has 7 heteroatoms. The predicted molar refractivity (Wildman–Crippen MR) is 102 cm³/mol. The highest BCUT2D eigenvalue weighted by Gasteiger charge is 2.35. The Morgan fingerprint density at radius 1 is 1.30 bits per heavy atom. The first-order chi connectivity index (χ1) is 12.8. The molecule has 3 amide bonds. The third kappa shape index (κ3) is 3.49. The summed E-state index contributed by atoms with van der Waals surface area (Å²) in [6.45, 7) is 6.58. The van der Waals surface area contributed by atoms with Crippen molar-refractivity contribution >= 4 is 28.6 Å². The topological polar surface area (TPSA) is 91.4 Å². The van der Waals surface area contributed by atoms with E-state index in [1.165, 1.54) is 11.9 Å². The number of nitrogens with one attached hydrogen (secondary N) is 2. The Kier molecular flexibility index (Phi) is 5.12. The minimum Gasteiger partial charge on any atom is -0.359 e. The van der Waals surface area contributed by atoms with Crippen LogP contribution in [-0.2, 0) is 9.59 Å². The monoisotopic (exact) mass is 368 g/mol. The van der Waals surface area contributed by atoms with Crippen LogP contribution < -0.4 is 10.6 Å². The van der Waals surface area contributed by atoms with Crippen molar-refractivity contribution in [2.75, 3.05) is 20.1 Å². The fraction of sp³-hybridized carbons (Fsp3) is 0.400. The fourth-order valence-electron chi connectivity index (χ4n) is 3.43. The summed E-state index contributed by atoms with van der Waals surface area (Å²) in [5.74, 6) is -0.838. The van der Waals surface area contributed by atoms with Crippen molar-refractivity contribution in [2.24, 2.45) is 0 Å². The van der Waals surface area contributed by atoms with Gasteiger partial charge in [0.25, 0.3) is 5.91 Å². The highest BCUT2D eigenvalue weighted by atomic mass is 16.2. The van der Waals surface area contributed by atoms with Crippen LogP contribution in [0.1, 0.15) is 33.6 Å². The van der Waals surface area contributed by atoms with Crippen molar-refractivity contribution in [3.63, 3.8) is 0 Å². The third-order valence-electron chi connectivity index (χ3n) is 5.11. The van der Waals surface area contributed by atoms with E-state index >= 15 is 0 Å². The summed E-state index contributed by atoms with van der Waals surface area (Å²) in [6, 6.07) is 4.80. The minimum atomic E-state index is -0.818. The number of aromatic nitrogens is 1. The zero-order valence-electron chi connectivity index (χ0n) is 16.0. The molecule has 7 nitrogen and oxygen atoms in total. The van der Waals surface area contributed by atoms with Crippen molar-refractivity contribution in [3.05, 3.63) is 40.6 Å². The van der Waals surface area contributed by atoms with Gasteiger partial charge in [0.15, 0.2) is 0 Å². The third-order valence-corrected chi connectivity index (χ3v) is 5.11. The number of carbonyl (C=O) groups excluding carboxylic acids is 3. The van der Waals surface area contributed by atoms with Crippen LogP contribution in [0.3, 0.4) is 0 Å². The van der Waals surface area contributed by atoms with Gasteiger partial charge in [-0.25, -0.2) is 0 Å². The van der Waals surface area contributed by atoms with Crippen LogP contribution in [0.2, 0.25) is 0 Å². The largest absolute Gasteiger partial charge is 0.359 e. The molecule has 2 aromatic rings. The number of nitrogens with zero attached hydrogens (tertiary/aromatic N) is 2. The number of aryl methyl sites for hydroxylation is 3. The second-order valence-corrected chi connectivity index (χ2v) is 6.90. The maximum Gasteiger partial charge on any atom is 0.255 e. The van der Waals surface area contributed by atoms with E-state index in [9.17, 15) is 14.4 Å². The van der Waals surface area contributed by atoms with Crippen LogP contribution in [0.5, 0.6) is 0 Å². The van der Waals surface area contributed by atoms with E-state index in [2.05, 4.69) is 15.6 Å². The van der Waals surface area contributed by atoms with Crippen LogP contribution in [0.25, 0.3) is 10.9 Å². The maximum atomic E-state index is 13.4. The van der Waals surface area contributed by atoms with E-state index in [4.69, 9.17) is 0 Å². The molecule has 27 heavy (non-hydrogen) atoms. The van der Waals surface area contributed by atoms with Gasteiger partial charge in [-0.2, -0.15) is 0 Å². The highest BCUT2D eigenvalue weighted by Crippen LogP contribution is 2.26. The molecule has 1 aromatic heterocycles. The first-order valence-corrected chi connectivity index (χ1v) is 9.00. The summed E-state index contributed by atoms with van der Waals surface area (Å²) in [4.78, 5) is 43.6. The lowest BCUT2D eigenvalue weighted by Gasteiger charge is -2.35. The Bertz CT molecular complexity index is 938. The standard InChI is InChI=1S/C20H24N4O3/c1-11-5-6-14-15(9-12(2)23-18(14)13(11)3)20(27)24-8-7-22-19(26)16(24)10-17(25)21-4/h5-6,9,16H,7-8,10H2,1-4H3,(H,21,25)(H,22,26). The molecule has 1 unspecified atom stereocenters. The summed E-state index contributed by atoms with van der Waals surface area (Å²) >= 11 is 0. The Morgan fingerprint density at radius 2 is 2.04 bits per heavy atom. The van der Waals surface area contributed by atoms with Crippen LogP contribution in [0, 0.1) is 20.8 Å². The lowest BCUT2D eigenvalue weighted by atomic mass is 9.99. The molecular formula is C20H24N4O3. The molecule has 1 aliphatic heterocycles. The van der Waals surface area contributed by atoms with Crippen LogP contribution >= 0.6 is 0 Å². The molecule has 0 aliphatic carbocycles. The van der Waals surface area contributed by atoms with Crippen LogP contribution in [0.4, 0.5) is 0 Å². The molecular weight excluding hydrogens is 344 g/mol. The van der Waals surface area contributed by atoms with Gasteiger partial charge in [-0.15, -0.1) is 0 Å². The Labute approximate surface area is 158 Å². The van der Waals surface area contributed by atoms with E-state index in [1.807, 2.05) is 32.9 Å². The number of hydrogen-bond donors (Lipinski definition) is 2.